The smallest absolute Gasteiger partial charge is 0.115 e. The minimum Gasteiger partial charge on any atom is -0.240 e. The van der Waals surface area contributed by atoms with E-state index in [9.17, 15) is 5.26 Å². The predicted molar refractivity (Wildman–Crippen MR) is 123 cm³/mol. The van der Waals surface area contributed by atoms with Gasteiger partial charge in [0.05, 0.1) is 11.3 Å². The van der Waals surface area contributed by atoms with Gasteiger partial charge in [0.15, 0.2) is 0 Å². The maximum Gasteiger partial charge on any atom is 0.115 e. The van der Waals surface area contributed by atoms with Crippen LogP contribution < -0.4 is 0 Å². The van der Waals surface area contributed by atoms with Gasteiger partial charge in [0.25, 0.3) is 0 Å². The second kappa shape index (κ2) is 8.65. The first-order chi connectivity index (χ1) is 13.7. The van der Waals surface area contributed by atoms with Crippen molar-refractivity contribution in [1.29, 1.82) is 5.26 Å². The standard InChI is InChI=1S/C23H22N2S3/c1-15(2)9-12-28-23-19(14-24)21(20-6-4-11-27-20)18-8-7-16(22(18)25-23)13-17-5-3-10-26-17/h3-6,10-11,13,15H,7-9,12H2,1-2H3/b16-13-. The Balaban J connectivity index is 1.84. The lowest BCUT2D eigenvalue weighted by Crippen LogP contribution is -2.00. The lowest BCUT2D eigenvalue weighted by atomic mass is 10.0. The molecule has 0 saturated heterocycles. The summed E-state index contributed by atoms with van der Waals surface area (Å²) in [6.07, 6.45) is 5.35. The average Bonchev–Trinajstić information content (AvgIpc) is 3.43. The molecule has 4 rings (SSSR count). The van der Waals surface area contributed by atoms with Gasteiger partial charge in [-0.2, -0.15) is 5.26 Å². The first kappa shape index (κ1) is 19.4. The third-order valence-electron chi connectivity index (χ3n) is 4.89. The number of nitriles is 1. The Kier molecular flexibility index (Phi) is 6.01. The third-order valence-corrected chi connectivity index (χ3v) is 7.60. The summed E-state index contributed by atoms with van der Waals surface area (Å²) in [4.78, 5) is 7.48. The third kappa shape index (κ3) is 3.96. The van der Waals surface area contributed by atoms with Crippen molar-refractivity contribution >= 4 is 46.1 Å². The highest BCUT2D eigenvalue weighted by Gasteiger charge is 2.27. The van der Waals surface area contributed by atoms with Crippen molar-refractivity contribution in [2.24, 2.45) is 5.92 Å². The second-order valence-corrected chi connectivity index (χ2v) is 10.3. The van der Waals surface area contributed by atoms with Crippen LogP contribution in [0.1, 0.15) is 48.4 Å². The molecule has 142 valence electrons. The van der Waals surface area contributed by atoms with Crippen molar-refractivity contribution in [3.63, 3.8) is 0 Å². The Bertz CT molecular complexity index is 1020. The highest BCUT2D eigenvalue weighted by Crippen LogP contribution is 2.44. The van der Waals surface area contributed by atoms with Crippen LogP contribution in [0.25, 0.3) is 22.1 Å². The normalized spacial score (nSPS) is 14.6. The van der Waals surface area contributed by atoms with E-state index in [1.54, 1.807) is 34.4 Å². The molecular weight excluding hydrogens is 400 g/mol. The molecule has 1 aliphatic rings. The molecule has 3 aromatic rings. The minimum atomic E-state index is 0.651. The fraction of sp³-hybridized carbons (Fsp3) is 0.304. The van der Waals surface area contributed by atoms with Crippen molar-refractivity contribution < 1.29 is 0 Å². The molecule has 0 radical (unpaired) electrons. The number of thiophene rings is 2. The van der Waals surface area contributed by atoms with Gasteiger partial charge >= 0.3 is 0 Å². The highest BCUT2D eigenvalue weighted by molar-refractivity contribution is 7.99. The Morgan fingerprint density at radius 2 is 2.04 bits per heavy atom. The summed E-state index contributed by atoms with van der Waals surface area (Å²) in [6.45, 7) is 4.47. The van der Waals surface area contributed by atoms with E-state index in [2.05, 4.69) is 61.0 Å². The molecule has 0 aliphatic heterocycles. The van der Waals surface area contributed by atoms with Gasteiger partial charge < -0.3 is 0 Å². The molecule has 0 fully saturated rings. The topological polar surface area (TPSA) is 36.7 Å². The summed E-state index contributed by atoms with van der Waals surface area (Å²) in [5.74, 6) is 1.64. The maximum atomic E-state index is 10.00. The van der Waals surface area contributed by atoms with E-state index >= 15 is 0 Å². The SMILES string of the molecule is CC(C)CCSc1nc2c(c(-c3cccs3)c1C#N)CC/C2=C/c1cccs1. The Labute approximate surface area is 179 Å². The number of fused-ring (bicyclic) bond motifs is 1. The molecular formula is C23H22N2S3. The quantitative estimate of drug-likeness (QED) is 0.389. The molecule has 0 spiro atoms. The van der Waals surface area contributed by atoms with Crippen LogP contribution in [0.15, 0.2) is 40.1 Å². The fourth-order valence-corrected chi connectivity index (χ4v) is 6.18. The molecule has 0 unspecified atom stereocenters. The largest absolute Gasteiger partial charge is 0.240 e. The summed E-state index contributed by atoms with van der Waals surface area (Å²) < 4.78 is 0. The molecule has 28 heavy (non-hydrogen) atoms. The molecule has 3 heterocycles. The van der Waals surface area contributed by atoms with Gasteiger partial charge in [0.2, 0.25) is 0 Å². The molecule has 0 atom stereocenters. The van der Waals surface area contributed by atoms with Crippen LogP contribution in [0.2, 0.25) is 0 Å². The summed E-state index contributed by atoms with van der Waals surface area (Å²) >= 11 is 5.20. The van der Waals surface area contributed by atoms with Crippen molar-refractivity contribution in [3.05, 3.63) is 56.7 Å². The second-order valence-electron chi connectivity index (χ2n) is 7.30. The Morgan fingerprint density at radius 1 is 1.21 bits per heavy atom. The van der Waals surface area contributed by atoms with Gasteiger partial charge in [-0.15, -0.1) is 34.4 Å². The van der Waals surface area contributed by atoms with E-state index in [0.29, 0.717) is 5.92 Å². The first-order valence-electron chi connectivity index (χ1n) is 9.55. The van der Waals surface area contributed by atoms with Crippen LogP contribution in [0, 0.1) is 17.2 Å². The van der Waals surface area contributed by atoms with Crippen LogP contribution in [-0.4, -0.2) is 10.7 Å². The number of aromatic nitrogens is 1. The molecule has 0 saturated carbocycles. The van der Waals surface area contributed by atoms with E-state index < -0.39 is 0 Å². The fourth-order valence-electron chi connectivity index (χ4n) is 3.47. The Morgan fingerprint density at radius 3 is 2.71 bits per heavy atom. The number of hydrogen-bond acceptors (Lipinski definition) is 5. The van der Waals surface area contributed by atoms with Crippen LogP contribution in [0.4, 0.5) is 0 Å². The number of pyridine rings is 1. The molecule has 3 aromatic heterocycles. The summed E-state index contributed by atoms with van der Waals surface area (Å²) in [7, 11) is 0. The van der Waals surface area contributed by atoms with Gasteiger partial charge in [-0.05, 0) is 71.0 Å². The molecule has 1 aliphatic carbocycles. The predicted octanol–water partition coefficient (Wildman–Crippen LogP) is 7.37. The van der Waals surface area contributed by atoms with Crippen LogP contribution in [-0.2, 0) is 6.42 Å². The summed E-state index contributed by atoms with van der Waals surface area (Å²) in [5, 5.41) is 15.1. The van der Waals surface area contributed by atoms with Gasteiger partial charge in [-0.3, -0.25) is 0 Å². The number of thioether (sulfide) groups is 1. The van der Waals surface area contributed by atoms with E-state index in [0.717, 1.165) is 46.9 Å². The van der Waals surface area contributed by atoms with Gasteiger partial charge in [-0.1, -0.05) is 26.0 Å². The lowest BCUT2D eigenvalue weighted by molar-refractivity contribution is 0.632. The minimum absolute atomic E-state index is 0.651. The van der Waals surface area contributed by atoms with Crippen molar-refractivity contribution in [1.82, 2.24) is 4.98 Å². The molecule has 5 heteroatoms. The molecule has 2 nitrogen and oxygen atoms in total. The zero-order valence-electron chi connectivity index (χ0n) is 16.1. The molecule has 0 aromatic carbocycles. The zero-order valence-corrected chi connectivity index (χ0v) is 18.5. The molecule has 0 amide bonds. The van der Waals surface area contributed by atoms with E-state index in [1.807, 2.05) is 0 Å². The van der Waals surface area contributed by atoms with Crippen LogP contribution >= 0.6 is 34.4 Å². The number of nitrogens with zero attached hydrogens (tertiary/aromatic N) is 2. The molecule has 0 bridgehead atoms. The van der Waals surface area contributed by atoms with Crippen molar-refractivity contribution in [2.75, 3.05) is 5.75 Å². The number of allylic oxidation sites excluding steroid dienone is 1. The van der Waals surface area contributed by atoms with E-state index in [-0.39, 0.29) is 0 Å². The number of hydrogen-bond donors (Lipinski definition) is 0. The summed E-state index contributed by atoms with van der Waals surface area (Å²) in [5.41, 5.74) is 5.51. The van der Waals surface area contributed by atoms with Crippen LogP contribution in [0.3, 0.4) is 0 Å². The number of rotatable bonds is 6. The van der Waals surface area contributed by atoms with Gasteiger partial charge in [0.1, 0.15) is 11.1 Å². The van der Waals surface area contributed by atoms with Crippen LogP contribution in [0.5, 0.6) is 0 Å². The van der Waals surface area contributed by atoms with Crippen molar-refractivity contribution in [2.45, 2.75) is 38.1 Å². The van der Waals surface area contributed by atoms with E-state index in [4.69, 9.17) is 4.98 Å². The maximum absolute atomic E-state index is 10.00. The zero-order chi connectivity index (χ0) is 19.5. The molecule has 0 N–H and O–H groups in total. The van der Waals surface area contributed by atoms with Gasteiger partial charge in [-0.25, -0.2) is 4.98 Å². The monoisotopic (exact) mass is 422 g/mol. The van der Waals surface area contributed by atoms with Crippen molar-refractivity contribution in [3.8, 4) is 16.5 Å². The first-order valence-corrected chi connectivity index (χ1v) is 12.3. The Hall–Kier alpha value is -1.87. The lowest BCUT2D eigenvalue weighted by Gasteiger charge is -2.14. The summed E-state index contributed by atoms with van der Waals surface area (Å²) in [6, 6.07) is 10.9. The van der Waals surface area contributed by atoms with Gasteiger partial charge in [0, 0.05) is 15.3 Å². The average molecular weight is 423 g/mol. The van der Waals surface area contributed by atoms with E-state index in [1.165, 1.54) is 20.9 Å². The highest BCUT2D eigenvalue weighted by atomic mass is 32.2.